The molecule has 5 heteroatoms. The third kappa shape index (κ3) is 4.42. The second-order valence-corrected chi connectivity index (χ2v) is 1.60. The normalized spacial score (nSPS) is 15.4. The predicted molar refractivity (Wildman–Crippen MR) is 27.3 cm³/mol. The van der Waals surface area contributed by atoms with Crippen LogP contribution in [-0.4, -0.2) is 28.3 Å². The van der Waals surface area contributed by atoms with Crippen molar-refractivity contribution >= 4 is 5.97 Å². The van der Waals surface area contributed by atoms with Crippen LogP contribution in [0.2, 0.25) is 0 Å². The van der Waals surface area contributed by atoms with E-state index in [9.17, 15) is 4.79 Å². The number of aliphatic carboxylic acids is 1. The van der Waals surface area contributed by atoms with Crippen LogP contribution in [0, 0.1) is 0 Å². The van der Waals surface area contributed by atoms with Crippen molar-refractivity contribution in [3.8, 4) is 0 Å². The number of aliphatic hydroxyl groups excluding tert-OH is 1. The Balaban J connectivity index is 0. The Morgan fingerprint density at radius 3 is 2.00 bits per heavy atom. The third-order valence-corrected chi connectivity index (χ3v) is 0.805. The summed E-state index contributed by atoms with van der Waals surface area (Å²) in [6, 6.07) is -1.16. The molecular weight excluding hydrogens is 166 g/mol. The van der Waals surface area contributed by atoms with Gasteiger partial charge in [-0.25, -0.2) is 0 Å². The van der Waals surface area contributed by atoms with E-state index in [1.54, 1.807) is 0 Å². The SMILES string of the molecule is CC(O)C(N)C(=O)O.[Fe+2]. The van der Waals surface area contributed by atoms with E-state index in [-0.39, 0.29) is 17.1 Å². The maximum absolute atomic E-state index is 9.86. The van der Waals surface area contributed by atoms with Gasteiger partial charge in [0.15, 0.2) is 0 Å². The van der Waals surface area contributed by atoms with Crippen LogP contribution in [0.5, 0.6) is 0 Å². The zero-order chi connectivity index (χ0) is 6.73. The van der Waals surface area contributed by atoms with Crippen LogP contribution >= 0.6 is 0 Å². The maximum atomic E-state index is 9.86. The van der Waals surface area contributed by atoms with Gasteiger partial charge in [0.2, 0.25) is 0 Å². The first-order valence-corrected chi connectivity index (χ1v) is 2.22. The Morgan fingerprint density at radius 1 is 1.67 bits per heavy atom. The second-order valence-electron chi connectivity index (χ2n) is 1.60. The average Bonchev–Trinajstić information content (AvgIpc) is 1.64. The van der Waals surface area contributed by atoms with E-state index < -0.39 is 18.1 Å². The van der Waals surface area contributed by atoms with E-state index in [0.29, 0.717) is 0 Å². The van der Waals surface area contributed by atoms with Gasteiger partial charge in [0.05, 0.1) is 6.10 Å². The van der Waals surface area contributed by atoms with E-state index in [2.05, 4.69) is 0 Å². The molecule has 0 amide bonds. The molecule has 2 atom stereocenters. The van der Waals surface area contributed by atoms with E-state index in [1.807, 2.05) is 0 Å². The van der Waals surface area contributed by atoms with Crippen molar-refractivity contribution in [2.45, 2.75) is 19.1 Å². The number of rotatable bonds is 2. The van der Waals surface area contributed by atoms with Crippen LogP contribution in [0.4, 0.5) is 0 Å². The number of aliphatic hydroxyl groups is 1. The Bertz CT molecular complexity index is 95.8. The summed E-state index contributed by atoms with van der Waals surface area (Å²) in [4.78, 5) is 9.86. The molecule has 9 heavy (non-hydrogen) atoms. The van der Waals surface area contributed by atoms with Crippen LogP contribution in [0.3, 0.4) is 0 Å². The number of carboxylic acids is 1. The van der Waals surface area contributed by atoms with Gasteiger partial charge < -0.3 is 15.9 Å². The Hall–Kier alpha value is -0.0905. The van der Waals surface area contributed by atoms with Gasteiger partial charge in [-0.05, 0) is 6.92 Å². The molecule has 0 aromatic rings. The second kappa shape index (κ2) is 4.76. The molecule has 4 N–H and O–H groups in total. The van der Waals surface area contributed by atoms with Gasteiger partial charge in [0.1, 0.15) is 6.04 Å². The molecule has 0 aromatic heterocycles. The van der Waals surface area contributed by atoms with Crippen LogP contribution in [0.1, 0.15) is 6.92 Å². The molecule has 0 aliphatic carbocycles. The summed E-state index contributed by atoms with van der Waals surface area (Å²) in [6.07, 6.45) is -0.979. The zero-order valence-corrected chi connectivity index (χ0v) is 5.99. The molecule has 54 valence electrons. The smallest absolute Gasteiger partial charge is 0.480 e. The van der Waals surface area contributed by atoms with Gasteiger partial charge in [-0.2, -0.15) is 0 Å². The fraction of sp³-hybridized carbons (Fsp3) is 0.750. The fourth-order valence-electron chi connectivity index (χ4n) is 0.206. The molecule has 0 radical (unpaired) electrons. The molecular formula is C4H9FeNO3+2. The summed E-state index contributed by atoms with van der Waals surface area (Å²) in [5, 5.41) is 16.6. The number of carbonyl (C=O) groups is 1. The third-order valence-electron chi connectivity index (χ3n) is 0.805. The molecule has 2 unspecified atom stereocenters. The minimum absolute atomic E-state index is 0. The minimum atomic E-state index is -1.18. The van der Waals surface area contributed by atoms with Crippen molar-refractivity contribution in [1.82, 2.24) is 0 Å². The van der Waals surface area contributed by atoms with Crippen molar-refractivity contribution in [3.05, 3.63) is 0 Å². The summed E-state index contributed by atoms with van der Waals surface area (Å²) in [5.74, 6) is -1.18. The van der Waals surface area contributed by atoms with Crippen molar-refractivity contribution in [2.75, 3.05) is 0 Å². The van der Waals surface area contributed by atoms with E-state index in [4.69, 9.17) is 15.9 Å². The van der Waals surface area contributed by atoms with Gasteiger partial charge in [0.25, 0.3) is 0 Å². The molecule has 0 spiro atoms. The van der Waals surface area contributed by atoms with Crippen LogP contribution in [-0.2, 0) is 21.9 Å². The monoisotopic (exact) mass is 175 g/mol. The van der Waals surface area contributed by atoms with Gasteiger partial charge in [0, 0.05) is 0 Å². The molecule has 0 rings (SSSR count). The summed E-state index contributed by atoms with van der Waals surface area (Å²) in [6.45, 7) is 1.33. The number of hydrogen-bond acceptors (Lipinski definition) is 3. The van der Waals surface area contributed by atoms with Crippen LogP contribution < -0.4 is 5.73 Å². The first-order chi connectivity index (χ1) is 3.55. The molecule has 0 bridgehead atoms. The topological polar surface area (TPSA) is 83.5 Å². The molecule has 4 nitrogen and oxygen atoms in total. The van der Waals surface area contributed by atoms with Crippen LogP contribution in [0.25, 0.3) is 0 Å². The largest absolute Gasteiger partial charge is 2.00 e. The Kier molecular flexibility index (Phi) is 6.17. The maximum Gasteiger partial charge on any atom is 2.00 e. The molecule has 0 aromatic carbocycles. The molecule has 0 saturated carbocycles. The van der Waals surface area contributed by atoms with Crippen LogP contribution in [0.15, 0.2) is 0 Å². The van der Waals surface area contributed by atoms with Crippen molar-refractivity contribution in [2.24, 2.45) is 5.73 Å². The van der Waals surface area contributed by atoms with Gasteiger partial charge in [-0.3, -0.25) is 4.79 Å². The molecule has 0 fully saturated rings. The van der Waals surface area contributed by atoms with Crippen molar-refractivity contribution in [3.63, 3.8) is 0 Å². The van der Waals surface area contributed by atoms with E-state index in [0.717, 1.165) is 0 Å². The molecule has 0 saturated heterocycles. The minimum Gasteiger partial charge on any atom is -0.480 e. The average molecular weight is 175 g/mol. The summed E-state index contributed by atoms with van der Waals surface area (Å²) < 4.78 is 0. The van der Waals surface area contributed by atoms with Crippen molar-refractivity contribution < 1.29 is 32.1 Å². The Labute approximate surface area is 63.5 Å². The van der Waals surface area contributed by atoms with E-state index >= 15 is 0 Å². The number of hydrogen-bond donors (Lipinski definition) is 3. The van der Waals surface area contributed by atoms with Crippen molar-refractivity contribution in [1.29, 1.82) is 0 Å². The predicted octanol–water partition coefficient (Wildman–Crippen LogP) is -1.22. The first kappa shape index (κ1) is 11.7. The summed E-state index contributed by atoms with van der Waals surface area (Å²) in [5.41, 5.74) is 4.91. The quantitative estimate of drug-likeness (QED) is 0.459. The first-order valence-electron chi connectivity index (χ1n) is 2.22. The number of carboxylic acid groups (broad SMARTS) is 1. The molecule has 0 aliphatic rings. The molecule has 0 aliphatic heterocycles. The fourth-order valence-corrected chi connectivity index (χ4v) is 0.206. The Morgan fingerprint density at radius 2 is 2.00 bits per heavy atom. The zero-order valence-electron chi connectivity index (χ0n) is 4.89. The number of nitrogens with two attached hydrogens (primary N) is 1. The molecule has 0 heterocycles. The van der Waals surface area contributed by atoms with Gasteiger partial charge in [-0.1, -0.05) is 0 Å². The summed E-state index contributed by atoms with van der Waals surface area (Å²) in [7, 11) is 0. The van der Waals surface area contributed by atoms with Gasteiger partial charge in [-0.15, -0.1) is 0 Å². The summed E-state index contributed by atoms with van der Waals surface area (Å²) >= 11 is 0. The standard InChI is InChI=1S/C4H9NO3.Fe/c1-2(6)3(5)4(7)8;/h2-3,6H,5H2,1H3,(H,7,8);/q;+2. The van der Waals surface area contributed by atoms with E-state index in [1.165, 1.54) is 6.92 Å². The van der Waals surface area contributed by atoms with Gasteiger partial charge >= 0.3 is 23.0 Å².